The van der Waals surface area contributed by atoms with Crippen molar-refractivity contribution in [3.63, 3.8) is 0 Å². The standard InChI is InChI=1S/C16H20N2O/c1-12-2-3-14-7-15(5-4-13(14)6-12)18-9-16(8-17)10-19-11-16/h2-7,18H,8-11,17H2,1H3. The summed E-state index contributed by atoms with van der Waals surface area (Å²) < 4.78 is 5.28. The summed E-state index contributed by atoms with van der Waals surface area (Å²) in [5.41, 5.74) is 8.39. The summed E-state index contributed by atoms with van der Waals surface area (Å²) in [6.07, 6.45) is 0. The zero-order valence-electron chi connectivity index (χ0n) is 11.3. The highest BCUT2D eigenvalue weighted by Gasteiger charge is 2.36. The fourth-order valence-electron chi connectivity index (χ4n) is 2.45. The molecule has 19 heavy (non-hydrogen) atoms. The number of fused-ring (bicyclic) bond motifs is 1. The summed E-state index contributed by atoms with van der Waals surface area (Å²) in [5.74, 6) is 0. The third kappa shape index (κ3) is 2.44. The van der Waals surface area contributed by atoms with E-state index in [1.165, 1.54) is 16.3 Å². The van der Waals surface area contributed by atoms with Crippen molar-refractivity contribution in [2.45, 2.75) is 6.92 Å². The highest BCUT2D eigenvalue weighted by Crippen LogP contribution is 2.27. The van der Waals surface area contributed by atoms with Crippen molar-refractivity contribution in [1.29, 1.82) is 0 Å². The second-order valence-electron chi connectivity index (χ2n) is 5.62. The van der Waals surface area contributed by atoms with Crippen molar-refractivity contribution in [3.8, 4) is 0 Å². The second-order valence-corrected chi connectivity index (χ2v) is 5.62. The maximum Gasteiger partial charge on any atom is 0.0574 e. The Hall–Kier alpha value is -1.58. The number of ether oxygens (including phenoxy) is 1. The molecule has 0 amide bonds. The third-order valence-electron chi connectivity index (χ3n) is 3.91. The number of anilines is 1. The SMILES string of the molecule is Cc1ccc2cc(NCC3(CN)COC3)ccc2c1. The van der Waals surface area contributed by atoms with Gasteiger partial charge in [-0.15, -0.1) is 0 Å². The average molecular weight is 256 g/mol. The van der Waals surface area contributed by atoms with Crippen LogP contribution < -0.4 is 11.1 Å². The number of hydrogen-bond acceptors (Lipinski definition) is 3. The van der Waals surface area contributed by atoms with E-state index < -0.39 is 0 Å². The number of hydrogen-bond donors (Lipinski definition) is 2. The van der Waals surface area contributed by atoms with Gasteiger partial charge >= 0.3 is 0 Å². The monoisotopic (exact) mass is 256 g/mol. The van der Waals surface area contributed by atoms with Gasteiger partial charge in [0.05, 0.1) is 13.2 Å². The molecule has 0 aliphatic carbocycles. The first-order valence-corrected chi connectivity index (χ1v) is 6.73. The average Bonchev–Trinajstić information content (AvgIpc) is 2.38. The molecule has 0 radical (unpaired) electrons. The maximum absolute atomic E-state index is 5.82. The highest BCUT2D eigenvalue weighted by molar-refractivity contribution is 5.86. The molecule has 2 aromatic carbocycles. The molecule has 1 saturated heterocycles. The summed E-state index contributed by atoms with van der Waals surface area (Å²) in [4.78, 5) is 0. The van der Waals surface area contributed by atoms with Crippen LogP contribution in [0.5, 0.6) is 0 Å². The second kappa shape index (κ2) is 4.83. The van der Waals surface area contributed by atoms with Gasteiger partial charge in [0.25, 0.3) is 0 Å². The normalized spacial score (nSPS) is 17.2. The van der Waals surface area contributed by atoms with Crippen molar-refractivity contribution >= 4 is 16.5 Å². The fourth-order valence-corrected chi connectivity index (χ4v) is 2.45. The van der Waals surface area contributed by atoms with E-state index >= 15 is 0 Å². The van der Waals surface area contributed by atoms with Gasteiger partial charge in [-0.1, -0.05) is 29.8 Å². The topological polar surface area (TPSA) is 47.3 Å². The van der Waals surface area contributed by atoms with Crippen molar-refractivity contribution in [2.75, 3.05) is 31.6 Å². The molecular weight excluding hydrogens is 236 g/mol. The predicted octanol–water partition coefficient (Wildman–Crippen LogP) is 2.54. The Labute approximate surface area is 113 Å². The molecule has 100 valence electrons. The lowest BCUT2D eigenvalue weighted by Gasteiger charge is -2.40. The minimum Gasteiger partial charge on any atom is -0.384 e. The van der Waals surface area contributed by atoms with Crippen LogP contribution in [-0.4, -0.2) is 26.3 Å². The van der Waals surface area contributed by atoms with Gasteiger partial charge in [-0.3, -0.25) is 0 Å². The van der Waals surface area contributed by atoms with Gasteiger partial charge in [0.15, 0.2) is 0 Å². The van der Waals surface area contributed by atoms with Crippen LogP contribution in [-0.2, 0) is 4.74 Å². The van der Waals surface area contributed by atoms with Crippen LogP contribution in [0, 0.1) is 12.3 Å². The van der Waals surface area contributed by atoms with Crippen LogP contribution in [0.3, 0.4) is 0 Å². The van der Waals surface area contributed by atoms with E-state index in [2.05, 4.69) is 48.6 Å². The van der Waals surface area contributed by atoms with Crippen LogP contribution in [0.4, 0.5) is 5.69 Å². The Kier molecular flexibility index (Phi) is 3.17. The summed E-state index contributed by atoms with van der Waals surface area (Å²) >= 11 is 0. The van der Waals surface area contributed by atoms with E-state index in [1.54, 1.807) is 0 Å². The van der Waals surface area contributed by atoms with Gasteiger partial charge in [0.1, 0.15) is 0 Å². The van der Waals surface area contributed by atoms with Crippen LogP contribution in [0.2, 0.25) is 0 Å². The Bertz CT molecular complexity index is 585. The van der Waals surface area contributed by atoms with Crippen LogP contribution >= 0.6 is 0 Å². The molecule has 3 heteroatoms. The molecule has 3 N–H and O–H groups in total. The lowest BCUT2D eigenvalue weighted by molar-refractivity contribution is -0.0979. The molecule has 3 nitrogen and oxygen atoms in total. The molecule has 2 aromatic rings. The summed E-state index contributed by atoms with van der Waals surface area (Å²) in [5, 5.41) is 6.03. The minimum absolute atomic E-state index is 0.127. The maximum atomic E-state index is 5.82. The zero-order valence-corrected chi connectivity index (χ0v) is 11.3. The number of aryl methyl sites for hydroxylation is 1. The third-order valence-corrected chi connectivity index (χ3v) is 3.91. The number of benzene rings is 2. The fraction of sp³-hybridized carbons (Fsp3) is 0.375. The Balaban J connectivity index is 1.76. The molecule has 1 aliphatic rings. The molecule has 0 spiro atoms. The Morgan fingerprint density at radius 2 is 1.89 bits per heavy atom. The molecule has 0 bridgehead atoms. The first kappa shape index (κ1) is 12.5. The van der Waals surface area contributed by atoms with E-state index in [0.717, 1.165) is 25.4 Å². The van der Waals surface area contributed by atoms with E-state index in [-0.39, 0.29) is 5.41 Å². The highest BCUT2D eigenvalue weighted by atomic mass is 16.5. The quantitative estimate of drug-likeness (QED) is 0.883. The lowest BCUT2D eigenvalue weighted by Crippen LogP contribution is -2.52. The molecule has 0 saturated carbocycles. The van der Waals surface area contributed by atoms with Gasteiger partial charge in [0, 0.05) is 24.2 Å². The van der Waals surface area contributed by atoms with Gasteiger partial charge in [-0.05, 0) is 29.8 Å². The van der Waals surface area contributed by atoms with Gasteiger partial charge in [-0.2, -0.15) is 0 Å². The molecule has 0 atom stereocenters. The predicted molar refractivity (Wildman–Crippen MR) is 79.5 cm³/mol. The molecule has 0 unspecified atom stereocenters. The van der Waals surface area contributed by atoms with Gasteiger partial charge in [0.2, 0.25) is 0 Å². The van der Waals surface area contributed by atoms with Gasteiger partial charge in [-0.25, -0.2) is 0 Å². The van der Waals surface area contributed by atoms with Crippen molar-refractivity contribution in [2.24, 2.45) is 11.1 Å². The van der Waals surface area contributed by atoms with Crippen LogP contribution in [0.15, 0.2) is 36.4 Å². The van der Waals surface area contributed by atoms with Gasteiger partial charge < -0.3 is 15.8 Å². The largest absolute Gasteiger partial charge is 0.384 e. The lowest BCUT2D eigenvalue weighted by atomic mass is 9.86. The molecule has 0 aromatic heterocycles. The van der Waals surface area contributed by atoms with E-state index in [9.17, 15) is 0 Å². The zero-order chi connectivity index (χ0) is 13.3. The summed E-state index contributed by atoms with van der Waals surface area (Å²) in [6, 6.07) is 13.0. The van der Waals surface area contributed by atoms with E-state index in [4.69, 9.17) is 10.5 Å². The first-order chi connectivity index (χ1) is 9.21. The molecule has 1 fully saturated rings. The molecule has 1 heterocycles. The molecular formula is C16H20N2O. The van der Waals surface area contributed by atoms with Crippen molar-refractivity contribution < 1.29 is 4.74 Å². The Morgan fingerprint density at radius 1 is 1.16 bits per heavy atom. The first-order valence-electron chi connectivity index (χ1n) is 6.73. The smallest absolute Gasteiger partial charge is 0.0574 e. The summed E-state index contributed by atoms with van der Waals surface area (Å²) in [6.45, 7) is 5.20. The number of nitrogens with one attached hydrogen (secondary N) is 1. The molecule has 3 rings (SSSR count). The number of nitrogens with two attached hydrogens (primary N) is 1. The van der Waals surface area contributed by atoms with Crippen molar-refractivity contribution in [3.05, 3.63) is 42.0 Å². The van der Waals surface area contributed by atoms with E-state index in [0.29, 0.717) is 6.54 Å². The Morgan fingerprint density at radius 3 is 2.58 bits per heavy atom. The van der Waals surface area contributed by atoms with E-state index in [1.807, 2.05) is 0 Å². The molecule has 1 aliphatic heterocycles. The number of rotatable bonds is 4. The summed E-state index contributed by atoms with van der Waals surface area (Å²) in [7, 11) is 0. The van der Waals surface area contributed by atoms with Crippen LogP contribution in [0.1, 0.15) is 5.56 Å². The minimum atomic E-state index is 0.127. The van der Waals surface area contributed by atoms with Crippen LogP contribution in [0.25, 0.3) is 10.8 Å². The van der Waals surface area contributed by atoms with Crippen molar-refractivity contribution in [1.82, 2.24) is 0 Å².